The van der Waals surface area contributed by atoms with Crippen molar-refractivity contribution in [2.45, 2.75) is 0 Å². The van der Waals surface area contributed by atoms with E-state index in [0.29, 0.717) is 5.56 Å². The maximum Gasteiger partial charge on any atom is 0.166 e. The van der Waals surface area contributed by atoms with Crippen molar-refractivity contribution in [2.75, 3.05) is 14.1 Å². The van der Waals surface area contributed by atoms with E-state index >= 15 is 0 Å². The van der Waals surface area contributed by atoms with Crippen molar-refractivity contribution in [3.8, 4) is 5.75 Å². The van der Waals surface area contributed by atoms with Gasteiger partial charge in [-0.15, -0.1) is 0 Å². The summed E-state index contributed by atoms with van der Waals surface area (Å²) in [5.74, 6) is 0.130. The molecule has 1 radical (unpaired) electrons. The molecule has 0 spiro atoms. The van der Waals surface area contributed by atoms with Gasteiger partial charge in [0.15, 0.2) is 6.21 Å². The Hall–Kier alpha value is -1.03. The second-order valence-corrected chi connectivity index (χ2v) is 3.18. The number of aliphatic hydroxyl groups excluding tert-OH is 1. The Labute approximate surface area is 105 Å². The van der Waals surface area contributed by atoms with Crippen molar-refractivity contribution in [3.05, 3.63) is 35.9 Å². The minimum atomic E-state index is 0. The van der Waals surface area contributed by atoms with Gasteiger partial charge in [-0.25, -0.2) is 4.58 Å². The predicted octanol–water partition coefficient (Wildman–Crippen LogP) is 1.63. The SMILES string of the molecule is C[N+](C)=C/C=C(\O)c1ccccc1O.[Ag]. The minimum Gasteiger partial charge on any atom is -0.507 e. The molecule has 0 aliphatic carbocycles. The largest absolute Gasteiger partial charge is 0.507 e. The Kier molecular flexibility index (Phi) is 6.01. The van der Waals surface area contributed by atoms with Crippen LogP contribution in [0.1, 0.15) is 5.56 Å². The topological polar surface area (TPSA) is 43.5 Å². The number of hydrogen-bond acceptors (Lipinski definition) is 2. The zero-order chi connectivity index (χ0) is 10.6. The van der Waals surface area contributed by atoms with Crippen molar-refractivity contribution in [3.63, 3.8) is 0 Å². The maximum absolute atomic E-state index is 9.59. The molecule has 0 amide bonds. The van der Waals surface area contributed by atoms with Crippen LogP contribution in [0.3, 0.4) is 0 Å². The molecule has 0 unspecified atom stereocenters. The van der Waals surface area contributed by atoms with Gasteiger partial charge in [-0.05, 0) is 12.1 Å². The predicted molar refractivity (Wildman–Crippen MR) is 56.9 cm³/mol. The maximum atomic E-state index is 9.59. The van der Waals surface area contributed by atoms with E-state index in [2.05, 4.69) is 0 Å². The van der Waals surface area contributed by atoms with Crippen LogP contribution in [0.4, 0.5) is 0 Å². The number of allylic oxidation sites excluding steroid dienone is 1. The molecule has 0 heterocycles. The molecule has 1 aromatic carbocycles. The van der Waals surface area contributed by atoms with Gasteiger partial charge in [0.25, 0.3) is 0 Å². The van der Waals surface area contributed by atoms with Gasteiger partial charge in [0, 0.05) is 28.5 Å². The fourth-order valence-electron chi connectivity index (χ4n) is 1.000. The Morgan fingerprint density at radius 3 is 2.40 bits per heavy atom. The van der Waals surface area contributed by atoms with Gasteiger partial charge in [0.1, 0.15) is 25.6 Å². The van der Waals surface area contributed by atoms with E-state index in [9.17, 15) is 10.2 Å². The van der Waals surface area contributed by atoms with Crippen LogP contribution in [-0.4, -0.2) is 35.1 Å². The number of phenols is 1. The summed E-state index contributed by atoms with van der Waals surface area (Å²) in [4.78, 5) is 0. The molecule has 0 aromatic heterocycles. The number of hydrogen-bond donors (Lipinski definition) is 2. The number of nitrogens with zero attached hydrogens (tertiary/aromatic N) is 1. The summed E-state index contributed by atoms with van der Waals surface area (Å²) in [6.07, 6.45) is 3.25. The van der Waals surface area contributed by atoms with Crippen LogP contribution in [0.2, 0.25) is 0 Å². The molecule has 0 saturated carbocycles. The molecule has 15 heavy (non-hydrogen) atoms. The summed E-state index contributed by atoms with van der Waals surface area (Å²) < 4.78 is 1.80. The molecule has 0 aliphatic rings. The molecule has 0 fully saturated rings. The fraction of sp³-hybridized carbons (Fsp3) is 0.182. The molecule has 3 nitrogen and oxygen atoms in total. The van der Waals surface area contributed by atoms with Gasteiger partial charge in [-0.3, -0.25) is 0 Å². The molecule has 1 rings (SSSR count). The molecular formula is C11H14AgNO2+. The summed E-state index contributed by atoms with van der Waals surface area (Å²) >= 11 is 0. The third-order valence-electron chi connectivity index (χ3n) is 1.71. The second kappa shape index (κ2) is 6.45. The van der Waals surface area contributed by atoms with Gasteiger partial charge >= 0.3 is 0 Å². The summed E-state index contributed by atoms with van der Waals surface area (Å²) in [5.41, 5.74) is 0.436. The van der Waals surface area contributed by atoms with Crippen LogP contribution < -0.4 is 0 Å². The van der Waals surface area contributed by atoms with Gasteiger partial charge in [0.2, 0.25) is 0 Å². The zero-order valence-corrected chi connectivity index (χ0v) is 10.1. The number of phenolic OH excluding ortho intramolecular Hbond substituents is 1. The first-order chi connectivity index (χ1) is 6.61. The molecule has 85 valence electrons. The van der Waals surface area contributed by atoms with Crippen LogP contribution in [-0.2, 0) is 22.4 Å². The Balaban J connectivity index is 0.00000196. The van der Waals surface area contributed by atoms with E-state index in [4.69, 9.17) is 0 Å². The summed E-state index contributed by atoms with van der Waals surface area (Å²) in [7, 11) is 3.71. The van der Waals surface area contributed by atoms with Crippen LogP contribution in [0, 0.1) is 0 Å². The molecule has 2 N–H and O–H groups in total. The van der Waals surface area contributed by atoms with Crippen molar-refractivity contribution in [2.24, 2.45) is 0 Å². The second-order valence-electron chi connectivity index (χ2n) is 3.18. The molecule has 0 saturated heterocycles. The minimum absolute atomic E-state index is 0. The van der Waals surface area contributed by atoms with Crippen molar-refractivity contribution in [1.29, 1.82) is 0 Å². The van der Waals surface area contributed by atoms with Gasteiger partial charge in [-0.2, -0.15) is 0 Å². The average Bonchev–Trinajstić information content (AvgIpc) is 2.15. The molecule has 1 aromatic rings. The van der Waals surface area contributed by atoms with E-state index in [-0.39, 0.29) is 33.9 Å². The average molecular weight is 300 g/mol. The number of para-hydroxylation sites is 1. The monoisotopic (exact) mass is 299 g/mol. The van der Waals surface area contributed by atoms with E-state index < -0.39 is 0 Å². The van der Waals surface area contributed by atoms with Crippen LogP contribution in [0.5, 0.6) is 5.75 Å². The van der Waals surface area contributed by atoms with E-state index in [1.165, 1.54) is 12.1 Å². The first-order valence-electron chi connectivity index (χ1n) is 4.30. The van der Waals surface area contributed by atoms with Gasteiger partial charge in [0.05, 0.1) is 5.56 Å². The Bertz CT molecular complexity index is 382. The molecule has 0 atom stereocenters. The van der Waals surface area contributed by atoms with Crippen molar-refractivity contribution >= 4 is 12.0 Å². The number of rotatable bonds is 2. The Morgan fingerprint density at radius 2 is 1.87 bits per heavy atom. The molecule has 0 aliphatic heterocycles. The van der Waals surface area contributed by atoms with Crippen molar-refractivity contribution in [1.82, 2.24) is 0 Å². The molecule has 0 bridgehead atoms. The van der Waals surface area contributed by atoms with Crippen molar-refractivity contribution < 1.29 is 37.2 Å². The number of aliphatic hydroxyl groups is 1. The van der Waals surface area contributed by atoms with Crippen LogP contribution in [0.15, 0.2) is 30.3 Å². The molecular weight excluding hydrogens is 286 g/mol. The van der Waals surface area contributed by atoms with Gasteiger partial charge < -0.3 is 10.2 Å². The first kappa shape index (κ1) is 14.0. The smallest absolute Gasteiger partial charge is 0.166 e. The van der Waals surface area contributed by atoms with Gasteiger partial charge in [-0.1, -0.05) is 12.1 Å². The fourth-order valence-corrected chi connectivity index (χ4v) is 1.000. The third-order valence-corrected chi connectivity index (χ3v) is 1.71. The third kappa shape index (κ3) is 4.34. The quantitative estimate of drug-likeness (QED) is 0.377. The number of benzene rings is 1. The van der Waals surface area contributed by atoms with Crippen LogP contribution >= 0.6 is 0 Å². The van der Waals surface area contributed by atoms with Crippen LogP contribution in [0.25, 0.3) is 5.76 Å². The normalized spacial score (nSPS) is 10.4. The first-order valence-corrected chi connectivity index (χ1v) is 4.30. The zero-order valence-electron chi connectivity index (χ0n) is 8.61. The summed E-state index contributed by atoms with van der Waals surface area (Å²) in [5, 5.41) is 19.0. The van der Waals surface area contributed by atoms with E-state index in [1.54, 1.807) is 29.0 Å². The van der Waals surface area contributed by atoms with E-state index in [0.717, 1.165) is 0 Å². The standard InChI is InChI=1S/C11H13NO2.Ag/c1-12(2)8-7-11(14)9-5-3-4-6-10(9)13;/h3-8H,1-2H3,(H,13,14);/p+1. The summed E-state index contributed by atoms with van der Waals surface area (Å²) in [6, 6.07) is 6.66. The Morgan fingerprint density at radius 1 is 1.27 bits per heavy atom. The number of aromatic hydroxyl groups is 1. The molecule has 4 heteroatoms. The summed E-state index contributed by atoms with van der Waals surface area (Å²) in [6.45, 7) is 0. The van der Waals surface area contributed by atoms with E-state index in [1.807, 2.05) is 14.1 Å².